The van der Waals surface area contributed by atoms with Gasteiger partial charge in [-0.25, -0.2) is 9.37 Å². The molecule has 0 amide bonds. The minimum Gasteiger partial charge on any atom is -0.409 e. The zero-order valence-corrected chi connectivity index (χ0v) is 11.9. The Balaban J connectivity index is 1.67. The van der Waals surface area contributed by atoms with Gasteiger partial charge in [0.2, 0.25) is 0 Å². The van der Waals surface area contributed by atoms with E-state index in [4.69, 9.17) is 0 Å². The van der Waals surface area contributed by atoms with Gasteiger partial charge >= 0.3 is 0 Å². The average molecular weight is 301 g/mol. The summed E-state index contributed by atoms with van der Waals surface area (Å²) in [6.45, 7) is 2.89. The maximum atomic E-state index is 13.0. The van der Waals surface area contributed by atoms with Crippen molar-refractivity contribution in [2.75, 3.05) is 31.1 Å². The molecule has 0 aliphatic carbocycles. The molecular weight excluding hydrogens is 285 g/mol. The van der Waals surface area contributed by atoms with Crippen LogP contribution in [0.4, 0.5) is 10.1 Å². The summed E-state index contributed by atoms with van der Waals surface area (Å²) in [5, 5.41) is 12.6. The van der Waals surface area contributed by atoms with E-state index in [1.807, 2.05) is 4.90 Å². The van der Waals surface area contributed by atoms with E-state index in [1.54, 1.807) is 30.7 Å². The molecule has 1 aromatic heterocycles. The number of benzene rings is 1. The molecule has 2 aromatic rings. The molecule has 3 rings (SSSR count). The molecule has 22 heavy (non-hydrogen) atoms. The zero-order valence-electron chi connectivity index (χ0n) is 11.9. The van der Waals surface area contributed by atoms with Gasteiger partial charge in [-0.3, -0.25) is 4.98 Å². The highest BCUT2D eigenvalue weighted by molar-refractivity contribution is 5.96. The predicted octanol–water partition coefficient (Wildman–Crippen LogP) is 1.57. The molecule has 114 valence electrons. The Bertz CT molecular complexity index is 639. The Morgan fingerprint density at radius 2 is 1.82 bits per heavy atom. The number of hydrogen-bond donors (Lipinski definition) is 1. The van der Waals surface area contributed by atoms with Crippen LogP contribution in [-0.2, 0) is 0 Å². The summed E-state index contributed by atoms with van der Waals surface area (Å²) < 4.78 is 13.0. The second kappa shape index (κ2) is 6.38. The molecule has 0 spiro atoms. The molecule has 0 atom stereocenters. The van der Waals surface area contributed by atoms with Crippen molar-refractivity contribution in [3.63, 3.8) is 0 Å². The molecule has 1 aliphatic heterocycles. The van der Waals surface area contributed by atoms with Crippen molar-refractivity contribution < 1.29 is 9.60 Å². The molecule has 1 fully saturated rings. The van der Waals surface area contributed by atoms with Crippen LogP contribution >= 0.6 is 0 Å². The number of hydrogen-bond acceptors (Lipinski definition) is 5. The van der Waals surface area contributed by atoms with Crippen molar-refractivity contribution in [3.8, 4) is 0 Å². The molecular formula is C15H16FN5O. The number of anilines is 1. The number of nitrogens with zero attached hydrogens (tertiary/aromatic N) is 5. The first-order valence-electron chi connectivity index (χ1n) is 7.02. The van der Waals surface area contributed by atoms with Crippen molar-refractivity contribution in [1.29, 1.82) is 0 Å². The molecule has 6 nitrogen and oxygen atoms in total. The highest BCUT2D eigenvalue weighted by atomic mass is 19.1. The first-order valence-corrected chi connectivity index (χ1v) is 7.02. The summed E-state index contributed by atoms with van der Waals surface area (Å²) in [6, 6.07) is 6.47. The largest absolute Gasteiger partial charge is 0.409 e. The fourth-order valence-electron chi connectivity index (χ4n) is 2.52. The average Bonchev–Trinajstić information content (AvgIpc) is 2.58. The van der Waals surface area contributed by atoms with Gasteiger partial charge in [0.25, 0.3) is 0 Å². The van der Waals surface area contributed by atoms with Crippen molar-refractivity contribution in [1.82, 2.24) is 14.9 Å². The highest BCUT2D eigenvalue weighted by Crippen LogP contribution is 2.17. The quantitative estimate of drug-likeness (QED) is 0.395. The van der Waals surface area contributed by atoms with E-state index in [-0.39, 0.29) is 5.82 Å². The molecule has 1 saturated heterocycles. The highest BCUT2D eigenvalue weighted by Gasteiger charge is 2.22. The number of oxime groups is 1. The zero-order chi connectivity index (χ0) is 15.4. The van der Waals surface area contributed by atoms with E-state index >= 15 is 0 Å². The SMILES string of the molecule is ON=C(c1cnccn1)N1CCN(c2ccc(F)cc2)CC1. The van der Waals surface area contributed by atoms with Crippen LogP contribution in [0.1, 0.15) is 5.69 Å². The van der Waals surface area contributed by atoms with Gasteiger partial charge in [-0.1, -0.05) is 5.16 Å². The number of amidine groups is 1. The van der Waals surface area contributed by atoms with Gasteiger partial charge in [0.05, 0.1) is 6.20 Å². The minimum absolute atomic E-state index is 0.236. The van der Waals surface area contributed by atoms with Crippen molar-refractivity contribution in [3.05, 3.63) is 54.4 Å². The fraction of sp³-hybridized carbons (Fsp3) is 0.267. The Kier molecular flexibility index (Phi) is 4.13. The summed E-state index contributed by atoms with van der Waals surface area (Å²) in [4.78, 5) is 12.3. The van der Waals surface area contributed by atoms with Gasteiger partial charge in [0.1, 0.15) is 11.5 Å². The smallest absolute Gasteiger partial charge is 0.195 e. The molecule has 0 unspecified atom stereocenters. The van der Waals surface area contributed by atoms with Crippen LogP contribution < -0.4 is 4.90 Å². The standard InChI is InChI=1S/C15H16FN5O/c16-12-1-3-13(4-2-12)20-7-9-21(10-8-20)15(19-22)14-11-17-5-6-18-14/h1-6,11,22H,7-10H2. The van der Waals surface area contributed by atoms with Crippen LogP contribution in [0.2, 0.25) is 0 Å². The summed E-state index contributed by atoms with van der Waals surface area (Å²) in [7, 11) is 0. The van der Waals surface area contributed by atoms with Crippen LogP contribution in [-0.4, -0.2) is 52.1 Å². The van der Waals surface area contributed by atoms with Gasteiger partial charge in [0.15, 0.2) is 5.84 Å². The van der Waals surface area contributed by atoms with E-state index in [0.717, 1.165) is 18.8 Å². The summed E-state index contributed by atoms with van der Waals surface area (Å²) in [6.07, 6.45) is 4.71. The molecule has 7 heteroatoms. The molecule has 0 radical (unpaired) electrons. The first-order chi connectivity index (χ1) is 10.8. The third-order valence-electron chi connectivity index (χ3n) is 3.66. The van der Waals surface area contributed by atoms with Gasteiger partial charge < -0.3 is 15.0 Å². The topological polar surface area (TPSA) is 64.9 Å². The molecule has 2 heterocycles. The normalized spacial score (nSPS) is 16.0. The fourth-order valence-corrected chi connectivity index (χ4v) is 2.52. The second-order valence-electron chi connectivity index (χ2n) is 4.96. The van der Waals surface area contributed by atoms with Gasteiger partial charge in [-0.2, -0.15) is 0 Å². The van der Waals surface area contributed by atoms with Crippen molar-refractivity contribution >= 4 is 11.5 Å². The Labute approximate surface area is 127 Å². The van der Waals surface area contributed by atoms with Crippen molar-refractivity contribution in [2.45, 2.75) is 0 Å². The van der Waals surface area contributed by atoms with E-state index in [1.165, 1.54) is 12.1 Å². The van der Waals surface area contributed by atoms with Crippen molar-refractivity contribution in [2.24, 2.45) is 5.16 Å². The Morgan fingerprint density at radius 1 is 1.09 bits per heavy atom. The van der Waals surface area contributed by atoms with E-state index in [9.17, 15) is 9.60 Å². The maximum absolute atomic E-state index is 13.0. The second-order valence-corrected chi connectivity index (χ2v) is 4.96. The van der Waals surface area contributed by atoms with Crippen LogP contribution in [0.5, 0.6) is 0 Å². The lowest BCUT2D eigenvalue weighted by Gasteiger charge is -2.37. The Morgan fingerprint density at radius 3 is 2.41 bits per heavy atom. The van der Waals surface area contributed by atoms with E-state index < -0.39 is 0 Å². The lowest BCUT2D eigenvalue weighted by molar-refractivity contribution is 0.295. The van der Waals surface area contributed by atoms with Gasteiger partial charge in [0, 0.05) is 44.3 Å². The summed E-state index contributed by atoms with van der Waals surface area (Å²) in [5.41, 5.74) is 1.53. The molecule has 0 saturated carbocycles. The number of piperazine rings is 1. The molecule has 0 bridgehead atoms. The third-order valence-corrected chi connectivity index (χ3v) is 3.66. The third kappa shape index (κ3) is 2.98. The minimum atomic E-state index is -0.236. The monoisotopic (exact) mass is 301 g/mol. The molecule has 1 aromatic carbocycles. The summed E-state index contributed by atoms with van der Waals surface area (Å²) >= 11 is 0. The van der Waals surface area contributed by atoms with E-state index in [0.29, 0.717) is 24.6 Å². The van der Waals surface area contributed by atoms with Gasteiger partial charge in [-0.05, 0) is 24.3 Å². The van der Waals surface area contributed by atoms with Gasteiger partial charge in [-0.15, -0.1) is 0 Å². The van der Waals surface area contributed by atoms with Crippen LogP contribution in [0, 0.1) is 5.82 Å². The van der Waals surface area contributed by atoms with Crippen LogP contribution in [0.3, 0.4) is 0 Å². The predicted molar refractivity (Wildman–Crippen MR) is 80.5 cm³/mol. The number of halogens is 1. The maximum Gasteiger partial charge on any atom is 0.195 e. The number of rotatable bonds is 2. The first kappa shape index (κ1) is 14.2. The molecule has 1 aliphatic rings. The number of aromatic nitrogens is 2. The lowest BCUT2D eigenvalue weighted by atomic mass is 10.2. The summed E-state index contributed by atoms with van der Waals surface area (Å²) in [5.74, 6) is 0.187. The van der Waals surface area contributed by atoms with Crippen LogP contribution in [0.25, 0.3) is 0 Å². The van der Waals surface area contributed by atoms with Crippen LogP contribution in [0.15, 0.2) is 48.0 Å². The lowest BCUT2D eigenvalue weighted by Crippen LogP contribution is -2.49. The van der Waals surface area contributed by atoms with E-state index in [2.05, 4.69) is 20.0 Å². The molecule has 1 N–H and O–H groups in total. The Hall–Kier alpha value is -2.70.